The third-order valence-electron chi connectivity index (χ3n) is 9.19. The van der Waals surface area contributed by atoms with Crippen LogP contribution in [-0.2, 0) is 23.0 Å². The van der Waals surface area contributed by atoms with Crippen LogP contribution in [0.4, 0.5) is 10.5 Å². The van der Waals surface area contributed by atoms with Crippen LogP contribution in [0.2, 0.25) is 0 Å². The molecule has 1 fully saturated rings. The van der Waals surface area contributed by atoms with E-state index in [1.807, 2.05) is 78.0 Å². The van der Waals surface area contributed by atoms with Gasteiger partial charge >= 0.3 is 14.7 Å². The Morgan fingerprint density at radius 2 is 1.64 bits per heavy atom. The SMILES string of the molecule is CCCCCCCCCCCCC/C=C/[C@H]1OC(C)(C)N(C(=O)OC(C)(C)C)[C@H]1COP(OC)OC(c1ccccc1)c1cc(C)c(Br)cc1[N+](=O)[O-]. The summed E-state index contributed by atoms with van der Waals surface area (Å²) in [6, 6.07) is 12.0. The number of carbonyl (C=O) groups excluding carboxylic acids is 1. The highest BCUT2D eigenvalue weighted by Gasteiger charge is 2.51. The van der Waals surface area contributed by atoms with E-state index in [0.29, 0.717) is 15.6 Å². The third-order valence-corrected chi connectivity index (χ3v) is 11.1. The number of aryl methyl sites for hydroxylation is 1. The van der Waals surface area contributed by atoms with Crippen molar-refractivity contribution in [3.8, 4) is 0 Å². The van der Waals surface area contributed by atoms with E-state index in [2.05, 4.69) is 28.9 Å². The molecule has 0 N–H and O–H groups in total. The van der Waals surface area contributed by atoms with Gasteiger partial charge in [0, 0.05) is 17.6 Å². The number of hydrogen-bond acceptors (Lipinski definition) is 8. The molecule has 0 bridgehead atoms. The highest BCUT2D eigenvalue weighted by molar-refractivity contribution is 9.10. The molecule has 12 heteroatoms. The molecule has 0 spiro atoms. The number of nitrogens with zero attached hydrogens (tertiary/aromatic N) is 2. The molecule has 53 heavy (non-hydrogen) atoms. The number of unbranched alkanes of at least 4 members (excludes halogenated alkanes) is 11. The van der Waals surface area contributed by atoms with Crippen molar-refractivity contribution < 1.29 is 32.8 Å². The van der Waals surface area contributed by atoms with Crippen molar-refractivity contribution in [2.24, 2.45) is 0 Å². The summed E-state index contributed by atoms with van der Waals surface area (Å²) in [5.74, 6) is 0. The lowest BCUT2D eigenvalue weighted by Gasteiger charge is -2.35. The summed E-state index contributed by atoms with van der Waals surface area (Å²) >= 11 is 3.43. The van der Waals surface area contributed by atoms with Gasteiger partial charge in [-0.1, -0.05) is 130 Å². The van der Waals surface area contributed by atoms with E-state index in [4.69, 9.17) is 23.0 Å². The normalized spacial score (nSPS) is 18.4. The number of amides is 1. The summed E-state index contributed by atoms with van der Waals surface area (Å²) in [6.45, 7) is 13.3. The van der Waals surface area contributed by atoms with Gasteiger partial charge in [-0.2, -0.15) is 0 Å². The average Bonchev–Trinajstić information content (AvgIpc) is 3.36. The van der Waals surface area contributed by atoms with Gasteiger partial charge in [0.1, 0.15) is 23.5 Å². The maximum absolute atomic E-state index is 13.7. The first-order chi connectivity index (χ1) is 25.2. The predicted octanol–water partition coefficient (Wildman–Crippen LogP) is 12.7. The second-order valence-electron chi connectivity index (χ2n) is 15.2. The van der Waals surface area contributed by atoms with Crippen LogP contribution in [0.15, 0.2) is 59.1 Å². The zero-order valence-electron chi connectivity index (χ0n) is 33.1. The first-order valence-electron chi connectivity index (χ1n) is 19.2. The Morgan fingerprint density at radius 3 is 2.21 bits per heavy atom. The van der Waals surface area contributed by atoms with Gasteiger partial charge in [-0.15, -0.1) is 0 Å². The van der Waals surface area contributed by atoms with Gasteiger partial charge in [0.25, 0.3) is 5.69 Å². The molecule has 2 unspecified atom stereocenters. The van der Waals surface area contributed by atoms with Crippen LogP contribution in [0.3, 0.4) is 0 Å². The maximum Gasteiger partial charge on any atom is 0.413 e. The lowest BCUT2D eigenvalue weighted by atomic mass is 9.98. The Labute approximate surface area is 327 Å². The van der Waals surface area contributed by atoms with Crippen molar-refractivity contribution in [2.45, 2.75) is 155 Å². The fraction of sp³-hybridized carbons (Fsp3) is 0.634. The highest BCUT2D eigenvalue weighted by atomic mass is 79.9. The highest BCUT2D eigenvalue weighted by Crippen LogP contribution is 2.49. The van der Waals surface area contributed by atoms with Gasteiger partial charge < -0.3 is 18.5 Å². The Bertz CT molecular complexity index is 1450. The molecule has 0 aromatic heterocycles. The van der Waals surface area contributed by atoms with Crippen molar-refractivity contribution in [3.63, 3.8) is 0 Å². The van der Waals surface area contributed by atoms with Crippen LogP contribution >= 0.6 is 24.5 Å². The molecule has 0 aliphatic carbocycles. The Morgan fingerprint density at radius 1 is 1.04 bits per heavy atom. The van der Waals surface area contributed by atoms with Gasteiger partial charge in [0.15, 0.2) is 0 Å². The van der Waals surface area contributed by atoms with Gasteiger partial charge in [0.2, 0.25) is 0 Å². The van der Waals surface area contributed by atoms with Crippen molar-refractivity contribution in [1.29, 1.82) is 0 Å². The Hall–Kier alpha value is -2.40. The van der Waals surface area contributed by atoms with E-state index in [1.54, 1.807) is 11.0 Å². The fourth-order valence-corrected chi connectivity index (χ4v) is 7.78. The molecular formula is C41H62BrN2O8P. The first-order valence-corrected chi connectivity index (χ1v) is 21.1. The number of allylic oxidation sites excluding steroid dienone is 1. The summed E-state index contributed by atoms with van der Waals surface area (Å²) in [5, 5.41) is 12.2. The van der Waals surface area contributed by atoms with Crippen LogP contribution in [-0.4, -0.2) is 53.1 Å². The van der Waals surface area contributed by atoms with Gasteiger partial charge in [0.05, 0.1) is 23.1 Å². The van der Waals surface area contributed by atoms with E-state index in [0.717, 1.165) is 18.4 Å². The predicted molar refractivity (Wildman–Crippen MR) is 216 cm³/mol. The molecular weight excluding hydrogens is 759 g/mol. The molecule has 1 aliphatic heterocycles. The van der Waals surface area contributed by atoms with Crippen LogP contribution in [0.25, 0.3) is 0 Å². The summed E-state index contributed by atoms with van der Waals surface area (Å²) in [7, 11) is -0.577. The molecule has 0 radical (unpaired) electrons. The molecule has 1 aliphatic rings. The smallest absolute Gasteiger partial charge is 0.413 e. The number of nitro benzene ring substituents is 1. The number of carbonyl (C=O) groups is 1. The minimum Gasteiger partial charge on any atom is -0.444 e. The standard InChI is InChI=1S/C41H62BrN2O8P/c1-9-10-11-12-13-14-15-16-17-18-19-20-24-27-37-36(43(41(6,7)50-37)39(45)51-40(3,4)5)30-49-53(48-8)52-38(32-25-22-21-23-26-32)33-28-31(2)34(42)29-35(33)44(46)47/h21-29,36-38H,9-20,30H2,1-8H3/b27-24+/t36-,37+,38?,53?/m0/s1. The van der Waals surface area contributed by atoms with Gasteiger partial charge in [-0.25, -0.2) is 4.79 Å². The molecule has 1 amide bonds. The van der Waals surface area contributed by atoms with Crippen molar-refractivity contribution >= 4 is 36.3 Å². The zero-order valence-corrected chi connectivity index (χ0v) is 35.6. The molecule has 296 valence electrons. The van der Waals surface area contributed by atoms with E-state index in [9.17, 15) is 14.9 Å². The summed E-state index contributed by atoms with van der Waals surface area (Å²) in [4.78, 5) is 27.0. The van der Waals surface area contributed by atoms with Crippen LogP contribution in [0.1, 0.15) is 141 Å². The molecule has 0 saturated carbocycles. The number of ether oxygens (including phenoxy) is 2. The number of benzene rings is 2. The lowest BCUT2D eigenvalue weighted by molar-refractivity contribution is -0.386. The molecule has 4 atom stereocenters. The summed E-state index contributed by atoms with van der Waals surface area (Å²) in [6.07, 6.45) is 17.4. The van der Waals surface area contributed by atoms with E-state index in [1.165, 1.54) is 77.4 Å². The minimum atomic E-state index is -2.05. The fourth-order valence-electron chi connectivity index (χ4n) is 6.51. The zero-order chi connectivity index (χ0) is 39.0. The molecule has 2 aromatic carbocycles. The van der Waals surface area contributed by atoms with Crippen molar-refractivity contribution in [1.82, 2.24) is 4.90 Å². The number of hydrogen-bond donors (Lipinski definition) is 0. The van der Waals surface area contributed by atoms with E-state index < -0.39 is 49.2 Å². The quantitative estimate of drug-likeness (QED) is 0.0380. The Balaban J connectivity index is 1.74. The monoisotopic (exact) mass is 820 g/mol. The summed E-state index contributed by atoms with van der Waals surface area (Å²) < 4.78 is 31.5. The third kappa shape index (κ3) is 14.6. The second-order valence-corrected chi connectivity index (χ2v) is 17.4. The molecule has 3 rings (SSSR count). The van der Waals surface area contributed by atoms with Crippen LogP contribution in [0.5, 0.6) is 0 Å². The maximum atomic E-state index is 13.7. The molecule has 10 nitrogen and oxygen atoms in total. The number of halogens is 1. The van der Waals surface area contributed by atoms with Crippen molar-refractivity contribution in [2.75, 3.05) is 13.7 Å². The van der Waals surface area contributed by atoms with Gasteiger partial charge in [-0.05, 0) is 71.6 Å². The topological polar surface area (TPSA) is 110 Å². The summed E-state index contributed by atoms with van der Waals surface area (Å²) in [5.41, 5.74) is 0.102. The molecule has 1 saturated heterocycles. The Kier molecular flexibility index (Phi) is 18.9. The number of nitro groups is 1. The second kappa shape index (κ2) is 22.2. The largest absolute Gasteiger partial charge is 0.444 e. The lowest BCUT2D eigenvalue weighted by Crippen LogP contribution is -2.51. The van der Waals surface area contributed by atoms with E-state index in [-0.39, 0.29) is 12.3 Å². The minimum absolute atomic E-state index is 0.0125. The average molecular weight is 822 g/mol. The van der Waals surface area contributed by atoms with Crippen LogP contribution < -0.4 is 0 Å². The van der Waals surface area contributed by atoms with Crippen LogP contribution in [0, 0.1) is 17.0 Å². The molecule has 2 aromatic rings. The number of rotatable bonds is 22. The van der Waals surface area contributed by atoms with Gasteiger partial charge in [-0.3, -0.25) is 19.5 Å². The van der Waals surface area contributed by atoms with E-state index >= 15 is 0 Å². The molecule has 1 heterocycles. The van der Waals surface area contributed by atoms with Crippen molar-refractivity contribution in [3.05, 3.63) is 85.9 Å². The first kappa shape index (κ1) is 45.0.